The van der Waals surface area contributed by atoms with Crippen LogP contribution in [0.5, 0.6) is 0 Å². The molecular formula is C16H23N3O3. The lowest BCUT2D eigenvalue weighted by Gasteiger charge is -2.32. The van der Waals surface area contributed by atoms with Gasteiger partial charge in [-0.05, 0) is 44.3 Å². The van der Waals surface area contributed by atoms with Crippen molar-refractivity contribution in [2.24, 2.45) is 5.92 Å². The van der Waals surface area contributed by atoms with Gasteiger partial charge >= 0.3 is 0 Å². The van der Waals surface area contributed by atoms with E-state index in [-0.39, 0.29) is 11.6 Å². The monoisotopic (exact) mass is 305 g/mol. The molecule has 1 aliphatic rings. The van der Waals surface area contributed by atoms with Crippen molar-refractivity contribution < 1.29 is 9.72 Å². The number of amides is 1. The zero-order valence-electron chi connectivity index (χ0n) is 13.0. The quantitative estimate of drug-likeness (QED) is 0.644. The molecule has 0 aromatic heterocycles. The predicted molar refractivity (Wildman–Crippen MR) is 84.6 cm³/mol. The van der Waals surface area contributed by atoms with Crippen LogP contribution in [0.2, 0.25) is 0 Å². The number of nitrogens with zero attached hydrogens (tertiary/aromatic N) is 2. The first kappa shape index (κ1) is 16.4. The zero-order valence-corrected chi connectivity index (χ0v) is 13.0. The Morgan fingerprint density at radius 1 is 1.32 bits per heavy atom. The van der Waals surface area contributed by atoms with Gasteiger partial charge in [-0.25, -0.2) is 0 Å². The second kappa shape index (κ2) is 7.89. The van der Waals surface area contributed by atoms with Crippen LogP contribution >= 0.6 is 0 Å². The van der Waals surface area contributed by atoms with Crippen LogP contribution in [0.15, 0.2) is 24.3 Å². The maximum atomic E-state index is 12.3. The Bertz CT molecular complexity index is 508. The smallest absolute Gasteiger partial charge is 0.269 e. The van der Waals surface area contributed by atoms with Crippen molar-refractivity contribution in [3.63, 3.8) is 0 Å². The molecule has 1 aromatic carbocycles. The van der Waals surface area contributed by atoms with E-state index in [4.69, 9.17) is 0 Å². The van der Waals surface area contributed by atoms with Crippen LogP contribution in [-0.2, 0) is 11.2 Å². The molecule has 120 valence electrons. The van der Waals surface area contributed by atoms with Crippen LogP contribution in [0, 0.1) is 16.0 Å². The molecular weight excluding hydrogens is 282 g/mol. The third-order valence-corrected chi connectivity index (χ3v) is 4.27. The lowest BCUT2D eigenvalue weighted by atomic mass is 9.93. The molecule has 6 heteroatoms. The fourth-order valence-electron chi connectivity index (χ4n) is 2.84. The predicted octanol–water partition coefficient (Wildman–Crippen LogP) is 1.99. The normalized spacial score (nSPS) is 15.8. The summed E-state index contributed by atoms with van der Waals surface area (Å²) in [4.78, 5) is 24.4. The van der Waals surface area contributed by atoms with Crippen LogP contribution in [0.1, 0.15) is 24.8 Å². The molecule has 0 radical (unpaired) electrons. The van der Waals surface area contributed by atoms with E-state index in [0.717, 1.165) is 38.0 Å². The average Bonchev–Trinajstić information content (AvgIpc) is 2.54. The third kappa shape index (κ3) is 4.53. The number of nitrogens with one attached hydrogen (secondary N) is 1. The van der Waals surface area contributed by atoms with Crippen molar-refractivity contribution in [2.75, 3.05) is 26.7 Å². The van der Waals surface area contributed by atoms with Crippen molar-refractivity contribution >= 4 is 11.6 Å². The van der Waals surface area contributed by atoms with Crippen LogP contribution in [-0.4, -0.2) is 42.4 Å². The van der Waals surface area contributed by atoms with Crippen LogP contribution in [0.25, 0.3) is 0 Å². The molecule has 0 atom stereocenters. The van der Waals surface area contributed by atoms with Gasteiger partial charge in [0.05, 0.1) is 11.3 Å². The summed E-state index contributed by atoms with van der Waals surface area (Å²) in [5.74, 6) is 0.816. The summed E-state index contributed by atoms with van der Waals surface area (Å²) in [6, 6.07) is 6.23. The first-order valence-electron chi connectivity index (χ1n) is 7.76. The van der Waals surface area contributed by atoms with E-state index < -0.39 is 4.92 Å². The molecule has 1 amide bonds. The Hall–Kier alpha value is -1.95. The van der Waals surface area contributed by atoms with Gasteiger partial charge in [0.2, 0.25) is 5.91 Å². The summed E-state index contributed by atoms with van der Waals surface area (Å²) in [6.45, 7) is 2.67. The van der Waals surface area contributed by atoms with Crippen LogP contribution < -0.4 is 5.32 Å². The SMILES string of the molecule is CNCCC1CCN(C(=O)Cc2ccc([N+](=O)[O-])cc2)CC1. The molecule has 0 aliphatic carbocycles. The molecule has 0 unspecified atom stereocenters. The van der Waals surface area contributed by atoms with Crippen molar-refractivity contribution in [1.29, 1.82) is 0 Å². The van der Waals surface area contributed by atoms with Crippen molar-refractivity contribution in [2.45, 2.75) is 25.7 Å². The molecule has 6 nitrogen and oxygen atoms in total. The molecule has 1 aliphatic heterocycles. The first-order valence-corrected chi connectivity index (χ1v) is 7.76. The largest absolute Gasteiger partial charge is 0.342 e. The lowest BCUT2D eigenvalue weighted by molar-refractivity contribution is -0.384. The van der Waals surface area contributed by atoms with Gasteiger partial charge in [0, 0.05) is 25.2 Å². The van der Waals surface area contributed by atoms with Gasteiger partial charge in [-0.1, -0.05) is 12.1 Å². The molecule has 1 saturated heterocycles. The molecule has 1 heterocycles. The highest BCUT2D eigenvalue weighted by atomic mass is 16.6. The second-order valence-corrected chi connectivity index (χ2v) is 5.82. The number of nitro benzene ring substituents is 1. The maximum absolute atomic E-state index is 12.3. The number of non-ortho nitro benzene ring substituents is 1. The van der Waals surface area contributed by atoms with Crippen molar-refractivity contribution in [3.8, 4) is 0 Å². The van der Waals surface area contributed by atoms with Crippen LogP contribution in [0.4, 0.5) is 5.69 Å². The summed E-state index contributed by atoms with van der Waals surface area (Å²) in [5.41, 5.74) is 0.884. The molecule has 2 rings (SSSR count). The minimum absolute atomic E-state index is 0.0570. The summed E-state index contributed by atoms with van der Waals surface area (Å²) >= 11 is 0. The number of piperidine rings is 1. The average molecular weight is 305 g/mol. The van der Waals surface area contributed by atoms with Gasteiger partial charge in [-0.2, -0.15) is 0 Å². The minimum Gasteiger partial charge on any atom is -0.342 e. The molecule has 0 spiro atoms. The van der Waals surface area contributed by atoms with E-state index in [1.54, 1.807) is 12.1 Å². The van der Waals surface area contributed by atoms with Gasteiger partial charge < -0.3 is 10.2 Å². The van der Waals surface area contributed by atoms with Crippen molar-refractivity contribution in [3.05, 3.63) is 39.9 Å². The fourth-order valence-corrected chi connectivity index (χ4v) is 2.84. The lowest BCUT2D eigenvalue weighted by Crippen LogP contribution is -2.39. The number of rotatable bonds is 6. The van der Waals surface area contributed by atoms with Gasteiger partial charge in [-0.15, -0.1) is 0 Å². The van der Waals surface area contributed by atoms with Gasteiger partial charge in [-0.3, -0.25) is 14.9 Å². The Labute approximate surface area is 130 Å². The number of likely N-dealkylation sites (tertiary alicyclic amines) is 1. The highest BCUT2D eigenvalue weighted by molar-refractivity contribution is 5.78. The second-order valence-electron chi connectivity index (χ2n) is 5.82. The first-order chi connectivity index (χ1) is 10.6. The minimum atomic E-state index is -0.429. The summed E-state index contributed by atoms with van der Waals surface area (Å²) in [5, 5.41) is 13.8. The Morgan fingerprint density at radius 2 is 1.95 bits per heavy atom. The third-order valence-electron chi connectivity index (χ3n) is 4.27. The molecule has 0 bridgehead atoms. The van der Waals surface area contributed by atoms with Crippen molar-refractivity contribution in [1.82, 2.24) is 10.2 Å². The topological polar surface area (TPSA) is 75.5 Å². The number of hydrogen-bond acceptors (Lipinski definition) is 4. The highest BCUT2D eigenvalue weighted by Gasteiger charge is 2.22. The molecule has 1 fully saturated rings. The van der Waals surface area contributed by atoms with Gasteiger partial charge in [0.15, 0.2) is 0 Å². The fraction of sp³-hybridized carbons (Fsp3) is 0.562. The Morgan fingerprint density at radius 3 is 2.50 bits per heavy atom. The van der Waals surface area contributed by atoms with E-state index in [1.165, 1.54) is 18.6 Å². The number of nitro groups is 1. The summed E-state index contributed by atoms with van der Waals surface area (Å²) < 4.78 is 0. The molecule has 0 saturated carbocycles. The standard InChI is InChI=1S/C16H23N3O3/c1-17-9-6-13-7-10-18(11-8-13)16(20)12-14-2-4-15(5-3-14)19(21)22/h2-5,13,17H,6-12H2,1H3. The zero-order chi connectivity index (χ0) is 15.9. The molecule has 22 heavy (non-hydrogen) atoms. The van der Waals surface area contributed by atoms with E-state index in [0.29, 0.717) is 12.3 Å². The number of carbonyl (C=O) groups excluding carboxylic acids is 1. The summed E-state index contributed by atoms with van der Waals surface area (Å²) in [7, 11) is 1.96. The van der Waals surface area contributed by atoms with E-state index in [9.17, 15) is 14.9 Å². The van der Waals surface area contributed by atoms with E-state index in [2.05, 4.69) is 5.32 Å². The number of benzene rings is 1. The number of carbonyl (C=O) groups is 1. The maximum Gasteiger partial charge on any atom is 0.269 e. The summed E-state index contributed by atoms with van der Waals surface area (Å²) in [6.07, 6.45) is 3.61. The van der Waals surface area contributed by atoms with Gasteiger partial charge in [0.1, 0.15) is 0 Å². The Kier molecular flexibility index (Phi) is 5.89. The van der Waals surface area contributed by atoms with E-state index >= 15 is 0 Å². The number of hydrogen-bond donors (Lipinski definition) is 1. The molecule has 1 aromatic rings. The van der Waals surface area contributed by atoms with Crippen LogP contribution in [0.3, 0.4) is 0 Å². The molecule has 1 N–H and O–H groups in total. The Balaban J connectivity index is 1.81. The highest BCUT2D eigenvalue weighted by Crippen LogP contribution is 2.21. The van der Waals surface area contributed by atoms with Gasteiger partial charge in [0.25, 0.3) is 5.69 Å². The van der Waals surface area contributed by atoms with E-state index in [1.807, 2.05) is 11.9 Å².